The predicted molar refractivity (Wildman–Crippen MR) is 83.3 cm³/mol. The summed E-state index contributed by atoms with van der Waals surface area (Å²) < 4.78 is 1.09. The summed E-state index contributed by atoms with van der Waals surface area (Å²) in [5.74, 6) is 0. The molecule has 0 fully saturated rings. The van der Waals surface area contributed by atoms with Gasteiger partial charge in [0.05, 0.1) is 0 Å². The van der Waals surface area contributed by atoms with Gasteiger partial charge in [0, 0.05) is 22.3 Å². The lowest BCUT2D eigenvalue weighted by Crippen LogP contribution is -2.36. The third-order valence-electron chi connectivity index (χ3n) is 3.24. The Morgan fingerprint density at radius 1 is 1.00 bits per heavy atom. The number of hydrogen-bond acceptors (Lipinski definition) is 1. The van der Waals surface area contributed by atoms with Crippen molar-refractivity contribution in [3.05, 3.63) is 64.1 Å². The zero-order valence-electron chi connectivity index (χ0n) is 9.77. The van der Waals surface area contributed by atoms with Crippen molar-refractivity contribution >= 4 is 38.8 Å². The zero-order valence-corrected chi connectivity index (χ0v) is 12.2. The number of benzene rings is 2. The van der Waals surface area contributed by atoms with E-state index in [1.54, 1.807) is 0 Å². The molecule has 0 radical (unpaired) electrons. The monoisotopic (exact) mass is 317 g/mol. The summed E-state index contributed by atoms with van der Waals surface area (Å²) in [5.41, 5.74) is 3.72. The second-order valence-corrected chi connectivity index (χ2v) is 5.64. The van der Waals surface area contributed by atoms with Gasteiger partial charge in [0.2, 0.25) is 0 Å². The van der Waals surface area contributed by atoms with Crippen LogP contribution < -0.4 is 4.90 Å². The van der Waals surface area contributed by atoms with Gasteiger partial charge < -0.3 is 4.90 Å². The van der Waals surface area contributed by atoms with Crippen molar-refractivity contribution in [2.45, 2.75) is 6.42 Å². The summed E-state index contributed by atoms with van der Waals surface area (Å²) in [7, 11) is 0. The molecule has 0 saturated carbocycles. The fourth-order valence-electron chi connectivity index (χ4n) is 2.29. The van der Waals surface area contributed by atoms with Gasteiger partial charge in [0.25, 0.3) is 0 Å². The maximum atomic E-state index is 5.61. The summed E-state index contributed by atoms with van der Waals surface area (Å²) >= 11 is 9.07. The molecule has 3 rings (SSSR count). The fourth-order valence-corrected chi connectivity index (χ4v) is 2.95. The van der Waals surface area contributed by atoms with Gasteiger partial charge in [-0.2, -0.15) is 0 Å². The minimum Gasteiger partial charge on any atom is -0.332 e. The highest BCUT2D eigenvalue weighted by molar-refractivity contribution is 9.10. The molecule has 0 aliphatic carbocycles. The summed E-state index contributed by atoms with van der Waals surface area (Å²) in [4.78, 5) is 3.14. The van der Waals surface area contributed by atoms with Crippen molar-refractivity contribution in [2.75, 3.05) is 11.4 Å². The quantitative estimate of drug-likeness (QED) is 0.726. The van der Waals surface area contributed by atoms with E-state index in [-0.39, 0.29) is 0 Å². The van der Waals surface area contributed by atoms with Crippen LogP contribution in [0.1, 0.15) is 11.1 Å². The molecular weight excluding hydrogens is 306 g/mol. The Morgan fingerprint density at radius 2 is 1.72 bits per heavy atom. The molecule has 0 spiro atoms. The third kappa shape index (κ3) is 2.08. The molecule has 18 heavy (non-hydrogen) atoms. The largest absolute Gasteiger partial charge is 0.332 e. The smallest absolute Gasteiger partial charge is 0.113 e. The molecule has 90 valence electrons. The van der Waals surface area contributed by atoms with E-state index in [1.807, 2.05) is 0 Å². The third-order valence-corrected chi connectivity index (χ3v) is 4.20. The van der Waals surface area contributed by atoms with Crippen molar-refractivity contribution in [1.82, 2.24) is 0 Å². The first-order valence-electron chi connectivity index (χ1n) is 5.91. The summed E-state index contributed by atoms with van der Waals surface area (Å²) in [6.07, 6.45) is 1.05. The van der Waals surface area contributed by atoms with E-state index in [9.17, 15) is 0 Å². The van der Waals surface area contributed by atoms with E-state index >= 15 is 0 Å². The number of fused-ring (bicyclic) bond motifs is 1. The number of halogens is 1. The molecule has 0 saturated heterocycles. The summed E-state index contributed by atoms with van der Waals surface area (Å²) in [6.45, 7) is 0.956. The van der Waals surface area contributed by atoms with Crippen molar-refractivity contribution < 1.29 is 0 Å². The second-order valence-electron chi connectivity index (χ2n) is 4.34. The van der Waals surface area contributed by atoms with Gasteiger partial charge in [-0.1, -0.05) is 52.4 Å². The Labute approximate surface area is 121 Å². The molecule has 0 amide bonds. The molecule has 1 heterocycles. The van der Waals surface area contributed by atoms with Crippen LogP contribution in [0.5, 0.6) is 0 Å². The molecule has 2 aromatic carbocycles. The van der Waals surface area contributed by atoms with E-state index in [4.69, 9.17) is 12.2 Å². The lowest BCUT2D eigenvalue weighted by atomic mass is 9.99. The Bertz CT molecular complexity index is 592. The van der Waals surface area contributed by atoms with Crippen LogP contribution in [0.4, 0.5) is 5.69 Å². The van der Waals surface area contributed by atoms with Crippen LogP contribution in [0.15, 0.2) is 53.0 Å². The van der Waals surface area contributed by atoms with Crippen LogP contribution >= 0.6 is 28.1 Å². The molecular formula is C15H12BrNS. The Kier molecular flexibility index (Phi) is 3.18. The Morgan fingerprint density at radius 3 is 2.50 bits per heavy atom. The minimum atomic E-state index is 0.930. The van der Waals surface area contributed by atoms with Gasteiger partial charge >= 0.3 is 0 Å². The molecule has 0 atom stereocenters. The lowest BCUT2D eigenvalue weighted by Gasteiger charge is -2.31. The van der Waals surface area contributed by atoms with E-state index < -0.39 is 0 Å². The first-order chi connectivity index (χ1) is 8.75. The Hall–Kier alpha value is -1.19. The van der Waals surface area contributed by atoms with Crippen molar-refractivity contribution in [3.8, 4) is 0 Å². The van der Waals surface area contributed by atoms with Crippen molar-refractivity contribution in [2.24, 2.45) is 0 Å². The molecule has 0 N–H and O–H groups in total. The Balaban J connectivity index is 1.97. The van der Waals surface area contributed by atoms with Crippen LogP contribution in [0, 0.1) is 0 Å². The number of hydrogen-bond donors (Lipinski definition) is 0. The first-order valence-corrected chi connectivity index (χ1v) is 7.11. The number of rotatable bonds is 1. The van der Waals surface area contributed by atoms with Crippen LogP contribution in [-0.4, -0.2) is 11.5 Å². The highest BCUT2D eigenvalue weighted by atomic mass is 79.9. The van der Waals surface area contributed by atoms with Gasteiger partial charge in [-0.15, -0.1) is 0 Å². The number of thiocarbonyl (C=S) groups is 1. The van der Waals surface area contributed by atoms with Crippen molar-refractivity contribution in [1.29, 1.82) is 0 Å². The SMILES string of the molecule is S=C1c2ccccc2CCN1c1ccc(Br)cc1. The molecule has 1 aliphatic heterocycles. The molecule has 2 aromatic rings. The van der Waals surface area contributed by atoms with Gasteiger partial charge in [-0.3, -0.25) is 0 Å². The zero-order chi connectivity index (χ0) is 12.5. The van der Waals surface area contributed by atoms with E-state index in [0.29, 0.717) is 0 Å². The molecule has 1 aliphatic rings. The maximum Gasteiger partial charge on any atom is 0.113 e. The van der Waals surface area contributed by atoms with E-state index in [1.165, 1.54) is 11.1 Å². The van der Waals surface area contributed by atoms with E-state index in [2.05, 4.69) is 69.4 Å². The standard InChI is InChI=1S/C15H12BrNS/c16-12-5-7-13(8-6-12)17-10-9-11-3-1-2-4-14(11)15(17)18/h1-8H,9-10H2. The number of anilines is 1. The highest BCUT2D eigenvalue weighted by Crippen LogP contribution is 2.26. The fraction of sp³-hybridized carbons (Fsp3) is 0.133. The van der Waals surface area contributed by atoms with Crippen LogP contribution in [0.3, 0.4) is 0 Å². The average Bonchev–Trinajstić information content (AvgIpc) is 2.41. The molecule has 1 nitrogen and oxygen atoms in total. The summed E-state index contributed by atoms with van der Waals surface area (Å²) in [6, 6.07) is 16.7. The molecule has 0 bridgehead atoms. The van der Waals surface area contributed by atoms with Gasteiger partial charge in [-0.25, -0.2) is 0 Å². The van der Waals surface area contributed by atoms with Crippen LogP contribution in [0.2, 0.25) is 0 Å². The topological polar surface area (TPSA) is 3.24 Å². The van der Waals surface area contributed by atoms with Crippen LogP contribution in [0.25, 0.3) is 0 Å². The van der Waals surface area contributed by atoms with Crippen molar-refractivity contribution in [3.63, 3.8) is 0 Å². The highest BCUT2D eigenvalue weighted by Gasteiger charge is 2.21. The van der Waals surface area contributed by atoms with Crippen LogP contribution in [-0.2, 0) is 6.42 Å². The molecule has 0 aromatic heterocycles. The molecule has 3 heteroatoms. The van der Waals surface area contributed by atoms with Gasteiger partial charge in [0.1, 0.15) is 4.99 Å². The van der Waals surface area contributed by atoms with Gasteiger partial charge in [0.15, 0.2) is 0 Å². The predicted octanol–water partition coefficient (Wildman–Crippen LogP) is 4.19. The summed E-state index contributed by atoms with van der Waals surface area (Å²) in [5, 5.41) is 0. The second kappa shape index (κ2) is 4.82. The lowest BCUT2D eigenvalue weighted by molar-refractivity contribution is 0.912. The molecule has 0 unspecified atom stereocenters. The maximum absolute atomic E-state index is 5.61. The van der Waals surface area contributed by atoms with Gasteiger partial charge in [-0.05, 0) is 36.2 Å². The minimum absolute atomic E-state index is 0.930. The first kappa shape index (κ1) is 11.9. The van der Waals surface area contributed by atoms with E-state index in [0.717, 1.165) is 28.1 Å². The normalized spacial score (nSPS) is 14.5. The number of nitrogens with zero attached hydrogens (tertiary/aromatic N) is 1. The average molecular weight is 318 g/mol.